The van der Waals surface area contributed by atoms with Gasteiger partial charge in [0, 0.05) is 12.6 Å². The highest BCUT2D eigenvalue weighted by Gasteiger charge is 2.35. The summed E-state index contributed by atoms with van der Waals surface area (Å²) < 4.78 is 5.71. The molecular weight excluding hydrogens is 250 g/mol. The van der Waals surface area contributed by atoms with Crippen LogP contribution in [0.25, 0.3) is 0 Å². The van der Waals surface area contributed by atoms with Crippen LogP contribution in [0.15, 0.2) is 4.42 Å². The molecule has 0 N–H and O–H groups in total. The Bertz CT molecular complexity index is 405. The van der Waals surface area contributed by atoms with Gasteiger partial charge in [0.05, 0.1) is 0 Å². The second-order valence-electron chi connectivity index (χ2n) is 5.49. The Morgan fingerprint density at radius 1 is 1.22 bits per heavy atom. The van der Waals surface area contributed by atoms with Gasteiger partial charge in [0.1, 0.15) is 5.38 Å². The minimum Gasteiger partial charge on any atom is -0.406 e. The fraction of sp³-hybridized carbons (Fsp3) is 0.846. The van der Waals surface area contributed by atoms with Crippen molar-refractivity contribution in [2.24, 2.45) is 5.92 Å². The van der Waals surface area contributed by atoms with Crippen molar-refractivity contribution in [1.82, 2.24) is 10.2 Å². The van der Waals surface area contributed by atoms with E-state index in [9.17, 15) is 0 Å². The van der Waals surface area contributed by atoms with E-state index in [-0.39, 0.29) is 5.38 Å². The molecule has 2 heterocycles. The fourth-order valence-electron chi connectivity index (χ4n) is 3.37. The van der Waals surface area contributed by atoms with E-state index in [2.05, 4.69) is 15.1 Å². The number of halogens is 1. The lowest BCUT2D eigenvalue weighted by atomic mass is 9.78. The Balaban J connectivity index is 1.80. The van der Waals surface area contributed by atoms with E-state index in [0.29, 0.717) is 17.9 Å². The topological polar surface area (TPSA) is 42.2 Å². The molecule has 18 heavy (non-hydrogen) atoms. The summed E-state index contributed by atoms with van der Waals surface area (Å²) >= 11 is 5.98. The minimum atomic E-state index is -0.210. The highest BCUT2D eigenvalue weighted by molar-refractivity contribution is 6.20. The van der Waals surface area contributed by atoms with Gasteiger partial charge in [-0.25, -0.2) is 0 Å². The average molecular weight is 270 g/mol. The Morgan fingerprint density at radius 3 is 2.78 bits per heavy atom. The zero-order valence-corrected chi connectivity index (χ0v) is 11.6. The predicted molar refractivity (Wildman–Crippen MR) is 70.9 cm³/mol. The van der Waals surface area contributed by atoms with E-state index in [1.54, 1.807) is 0 Å². The Morgan fingerprint density at radius 2 is 2.00 bits per heavy atom. The molecule has 4 nitrogen and oxygen atoms in total. The third kappa shape index (κ3) is 2.22. The van der Waals surface area contributed by atoms with Crippen molar-refractivity contribution >= 4 is 17.6 Å². The van der Waals surface area contributed by atoms with Crippen LogP contribution in [0.5, 0.6) is 0 Å². The molecule has 0 bridgehead atoms. The van der Waals surface area contributed by atoms with E-state index in [4.69, 9.17) is 16.0 Å². The van der Waals surface area contributed by atoms with Crippen molar-refractivity contribution in [2.75, 3.05) is 11.4 Å². The first-order valence-corrected chi connectivity index (χ1v) is 7.43. The third-order valence-corrected chi connectivity index (χ3v) is 4.45. The molecule has 3 atom stereocenters. The molecule has 1 aromatic rings. The van der Waals surface area contributed by atoms with Crippen LogP contribution in [0.4, 0.5) is 6.01 Å². The Kier molecular flexibility index (Phi) is 3.46. The van der Waals surface area contributed by atoms with Crippen LogP contribution < -0.4 is 4.90 Å². The molecule has 1 aromatic heterocycles. The van der Waals surface area contributed by atoms with Crippen LogP contribution in [0, 0.1) is 5.92 Å². The van der Waals surface area contributed by atoms with Gasteiger partial charge in [0.15, 0.2) is 0 Å². The molecule has 5 heteroatoms. The molecule has 1 aliphatic heterocycles. The second kappa shape index (κ2) is 5.08. The number of piperidine rings is 1. The van der Waals surface area contributed by atoms with Crippen LogP contribution in [-0.4, -0.2) is 22.8 Å². The number of hydrogen-bond donors (Lipinski definition) is 0. The maximum atomic E-state index is 5.98. The lowest BCUT2D eigenvalue weighted by molar-refractivity contribution is 0.234. The molecule has 0 radical (unpaired) electrons. The Labute approximate surface area is 113 Å². The normalized spacial score (nSPS) is 30.0. The molecule has 1 aliphatic carbocycles. The molecule has 100 valence electrons. The second-order valence-corrected chi connectivity index (χ2v) is 6.14. The van der Waals surface area contributed by atoms with Gasteiger partial charge >= 0.3 is 6.01 Å². The first-order valence-electron chi connectivity index (χ1n) is 7.00. The zero-order chi connectivity index (χ0) is 12.5. The SMILES string of the molecule is CC(Cl)c1nnc(N2CCC[C@H]3CCCC[C@H]32)o1. The maximum Gasteiger partial charge on any atom is 0.318 e. The summed E-state index contributed by atoms with van der Waals surface area (Å²) in [4.78, 5) is 2.32. The van der Waals surface area contributed by atoms with Gasteiger partial charge in [-0.15, -0.1) is 16.7 Å². The summed E-state index contributed by atoms with van der Waals surface area (Å²) in [7, 11) is 0. The van der Waals surface area contributed by atoms with Gasteiger partial charge in [-0.2, -0.15) is 0 Å². The summed E-state index contributed by atoms with van der Waals surface area (Å²) in [5.74, 6) is 1.35. The molecule has 2 aliphatic rings. The summed E-state index contributed by atoms with van der Waals surface area (Å²) in [6.07, 6.45) is 7.91. The number of anilines is 1. The number of fused-ring (bicyclic) bond motifs is 1. The smallest absolute Gasteiger partial charge is 0.318 e. The van der Waals surface area contributed by atoms with E-state index in [1.807, 2.05) is 6.92 Å². The van der Waals surface area contributed by atoms with E-state index in [0.717, 1.165) is 12.5 Å². The van der Waals surface area contributed by atoms with E-state index < -0.39 is 0 Å². The van der Waals surface area contributed by atoms with Crippen molar-refractivity contribution in [3.8, 4) is 0 Å². The lowest BCUT2D eigenvalue weighted by Crippen LogP contribution is -2.47. The Hall–Kier alpha value is -0.770. The molecule has 0 aromatic carbocycles. The number of alkyl halides is 1. The molecule has 1 saturated heterocycles. The minimum absolute atomic E-state index is 0.210. The highest BCUT2D eigenvalue weighted by atomic mass is 35.5. The van der Waals surface area contributed by atoms with Gasteiger partial charge in [-0.3, -0.25) is 0 Å². The highest BCUT2D eigenvalue weighted by Crippen LogP contribution is 2.37. The monoisotopic (exact) mass is 269 g/mol. The van der Waals surface area contributed by atoms with Crippen LogP contribution in [-0.2, 0) is 0 Å². The number of nitrogens with zero attached hydrogens (tertiary/aromatic N) is 3. The number of hydrogen-bond acceptors (Lipinski definition) is 4. The predicted octanol–water partition coefficient (Wildman–Crippen LogP) is 3.53. The molecule has 2 fully saturated rings. The summed E-state index contributed by atoms with van der Waals surface area (Å²) in [5.41, 5.74) is 0. The largest absolute Gasteiger partial charge is 0.406 e. The van der Waals surface area contributed by atoms with Gasteiger partial charge < -0.3 is 9.32 Å². The summed E-state index contributed by atoms with van der Waals surface area (Å²) in [5, 5.41) is 8.01. The third-order valence-electron chi connectivity index (χ3n) is 4.26. The van der Waals surface area contributed by atoms with Crippen molar-refractivity contribution in [1.29, 1.82) is 0 Å². The van der Waals surface area contributed by atoms with Crippen LogP contribution >= 0.6 is 11.6 Å². The van der Waals surface area contributed by atoms with Gasteiger partial charge in [0.25, 0.3) is 0 Å². The van der Waals surface area contributed by atoms with Crippen LogP contribution in [0.1, 0.15) is 56.7 Å². The maximum absolute atomic E-state index is 5.98. The standard InChI is InChI=1S/C13H20ClN3O/c1-9(14)12-15-16-13(18-12)17-8-4-6-10-5-2-3-7-11(10)17/h9-11H,2-8H2,1H3/t9?,10-,11-/m1/s1. The van der Waals surface area contributed by atoms with Gasteiger partial charge in [0.2, 0.25) is 5.89 Å². The molecular formula is C13H20ClN3O. The molecule has 0 amide bonds. The van der Waals surface area contributed by atoms with Crippen LogP contribution in [0.3, 0.4) is 0 Å². The zero-order valence-electron chi connectivity index (χ0n) is 10.8. The first kappa shape index (κ1) is 12.3. The lowest BCUT2D eigenvalue weighted by Gasteiger charge is -2.43. The summed E-state index contributed by atoms with van der Waals surface area (Å²) in [6.45, 7) is 2.90. The molecule has 1 saturated carbocycles. The fourth-order valence-corrected chi connectivity index (χ4v) is 3.45. The van der Waals surface area contributed by atoms with Gasteiger partial charge in [-0.1, -0.05) is 17.9 Å². The van der Waals surface area contributed by atoms with E-state index in [1.165, 1.54) is 38.5 Å². The quantitative estimate of drug-likeness (QED) is 0.771. The molecule has 1 unspecified atom stereocenters. The van der Waals surface area contributed by atoms with Gasteiger partial charge in [-0.05, 0) is 38.5 Å². The molecule has 3 rings (SSSR count). The van der Waals surface area contributed by atoms with Crippen molar-refractivity contribution in [2.45, 2.75) is 56.9 Å². The van der Waals surface area contributed by atoms with Crippen molar-refractivity contribution in [3.63, 3.8) is 0 Å². The number of aromatic nitrogens is 2. The average Bonchev–Trinajstić information content (AvgIpc) is 2.87. The van der Waals surface area contributed by atoms with Crippen molar-refractivity contribution < 1.29 is 4.42 Å². The first-order chi connectivity index (χ1) is 8.75. The van der Waals surface area contributed by atoms with E-state index >= 15 is 0 Å². The van der Waals surface area contributed by atoms with Crippen molar-refractivity contribution in [3.05, 3.63) is 5.89 Å². The number of rotatable bonds is 2. The molecule has 0 spiro atoms. The summed E-state index contributed by atoms with van der Waals surface area (Å²) in [6, 6.07) is 1.28. The van der Waals surface area contributed by atoms with Crippen LogP contribution in [0.2, 0.25) is 0 Å².